The van der Waals surface area contributed by atoms with Crippen LogP contribution >= 0.6 is 0 Å². The molecule has 1 aromatic carbocycles. The molecule has 90 valence electrons. The van der Waals surface area contributed by atoms with Crippen LogP contribution in [-0.2, 0) is 16.6 Å². The molecule has 0 amide bonds. The lowest BCUT2D eigenvalue weighted by molar-refractivity contribution is 0.106. The highest BCUT2D eigenvalue weighted by atomic mass is 32.2. The Morgan fingerprint density at radius 3 is 2.53 bits per heavy atom. The standard InChI is InChI=1S/C13H15NO2S/c1-14-11-7-5-4-6-10(11)8-12(14)13(15)9-17(2,3)16/h4-9H,1-3H3. The van der Waals surface area contributed by atoms with E-state index < -0.39 is 9.52 Å². The van der Waals surface area contributed by atoms with Gasteiger partial charge in [0.25, 0.3) is 0 Å². The van der Waals surface area contributed by atoms with Gasteiger partial charge >= 0.3 is 0 Å². The van der Waals surface area contributed by atoms with E-state index >= 15 is 0 Å². The smallest absolute Gasteiger partial charge is 0.210 e. The van der Waals surface area contributed by atoms with E-state index in [1.807, 2.05) is 41.9 Å². The molecule has 0 atom stereocenters. The normalized spacial score (nSPS) is 11.7. The van der Waals surface area contributed by atoms with Crippen LogP contribution in [0.2, 0.25) is 0 Å². The van der Waals surface area contributed by atoms with E-state index in [0.717, 1.165) is 10.9 Å². The first-order valence-electron chi connectivity index (χ1n) is 5.26. The predicted octanol–water partition coefficient (Wildman–Crippen LogP) is 1.71. The predicted molar refractivity (Wildman–Crippen MR) is 73.3 cm³/mol. The van der Waals surface area contributed by atoms with Crippen molar-refractivity contribution in [2.24, 2.45) is 7.05 Å². The molecule has 3 nitrogen and oxygen atoms in total. The Bertz CT molecular complexity index is 695. The Kier molecular flexibility index (Phi) is 2.83. The Balaban J connectivity index is 2.61. The summed E-state index contributed by atoms with van der Waals surface area (Å²) in [7, 11) is -0.320. The fourth-order valence-corrected chi connectivity index (χ4v) is 2.48. The van der Waals surface area contributed by atoms with Crippen molar-refractivity contribution < 1.29 is 9.00 Å². The second-order valence-corrected chi connectivity index (χ2v) is 7.29. The quantitative estimate of drug-likeness (QED) is 0.600. The molecule has 0 saturated carbocycles. The number of para-hydroxylation sites is 1. The summed E-state index contributed by atoms with van der Waals surface area (Å²) >= 11 is 0. The molecule has 0 N–H and O–H groups in total. The van der Waals surface area contributed by atoms with Crippen molar-refractivity contribution in [2.45, 2.75) is 0 Å². The lowest BCUT2D eigenvalue weighted by atomic mass is 10.2. The summed E-state index contributed by atoms with van der Waals surface area (Å²) in [5, 5.41) is 2.33. The molecule has 1 aromatic heterocycles. The lowest BCUT2D eigenvalue weighted by Crippen LogP contribution is -2.12. The molecule has 0 bridgehead atoms. The van der Waals surface area contributed by atoms with E-state index in [9.17, 15) is 9.00 Å². The molecule has 0 spiro atoms. The Morgan fingerprint density at radius 1 is 1.29 bits per heavy atom. The number of aromatic nitrogens is 1. The fraction of sp³-hybridized carbons (Fsp3) is 0.231. The average molecular weight is 249 g/mol. The van der Waals surface area contributed by atoms with Gasteiger partial charge in [-0.1, -0.05) is 18.2 Å². The van der Waals surface area contributed by atoms with Gasteiger partial charge in [-0.3, -0.25) is 9.00 Å². The van der Waals surface area contributed by atoms with Gasteiger partial charge in [-0.05, 0) is 21.7 Å². The Hall–Kier alpha value is -1.55. The molecule has 0 fully saturated rings. The second kappa shape index (κ2) is 4.04. The monoisotopic (exact) mass is 249 g/mol. The largest absolute Gasteiger partial charge is 0.341 e. The SMILES string of the molecule is Cn1c(C(=O)C=S(C)(C)=O)cc2ccccc21. The van der Waals surface area contributed by atoms with Gasteiger partial charge in [-0.15, -0.1) is 0 Å². The number of aryl methyl sites for hydroxylation is 1. The highest BCUT2D eigenvalue weighted by Crippen LogP contribution is 2.18. The summed E-state index contributed by atoms with van der Waals surface area (Å²) in [6.45, 7) is 0. The number of nitrogens with zero attached hydrogens (tertiary/aromatic N) is 1. The van der Waals surface area contributed by atoms with Gasteiger partial charge in [0.2, 0.25) is 5.78 Å². The molecule has 0 aliphatic carbocycles. The molecular weight excluding hydrogens is 234 g/mol. The molecule has 1 heterocycles. The number of fused-ring (bicyclic) bond motifs is 1. The highest BCUT2D eigenvalue weighted by Gasteiger charge is 2.11. The van der Waals surface area contributed by atoms with Crippen LogP contribution in [0.5, 0.6) is 0 Å². The van der Waals surface area contributed by atoms with Crippen molar-refractivity contribution >= 4 is 31.6 Å². The molecule has 4 heteroatoms. The molecule has 17 heavy (non-hydrogen) atoms. The number of Topliss-reactive ketones (excluding diaryl/α,β-unsaturated/α-hetero) is 1. The minimum atomic E-state index is -2.16. The van der Waals surface area contributed by atoms with E-state index in [2.05, 4.69) is 0 Å². The van der Waals surface area contributed by atoms with Crippen LogP contribution in [0.1, 0.15) is 10.5 Å². The molecule has 2 rings (SSSR count). The third-order valence-corrected chi connectivity index (χ3v) is 3.38. The van der Waals surface area contributed by atoms with Gasteiger partial charge in [0.15, 0.2) is 0 Å². The summed E-state index contributed by atoms with van der Waals surface area (Å²) in [5.74, 6) is -0.182. The third-order valence-electron chi connectivity index (χ3n) is 2.59. The van der Waals surface area contributed by atoms with E-state index in [0.29, 0.717) is 5.69 Å². The van der Waals surface area contributed by atoms with E-state index in [-0.39, 0.29) is 5.78 Å². The van der Waals surface area contributed by atoms with Gasteiger partial charge in [0.1, 0.15) is 0 Å². The van der Waals surface area contributed by atoms with E-state index in [1.54, 1.807) is 12.5 Å². The van der Waals surface area contributed by atoms with E-state index in [1.165, 1.54) is 5.37 Å². The Morgan fingerprint density at radius 2 is 1.94 bits per heavy atom. The molecule has 0 aliphatic heterocycles. The van der Waals surface area contributed by atoms with Crippen LogP contribution in [0.3, 0.4) is 0 Å². The minimum absolute atomic E-state index is 0.182. The maximum absolute atomic E-state index is 12.0. The van der Waals surface area contributed by atoms with Gasteiger partial charge in [-0.2, -0.15) is 0 Å². The summed E-state index contributed by atoms with van der Waals surface area (Å²) in [5.41, 5.74) is 1.57. The van der Waals surface area contributed by atoms with Gasteiger partial charge in [-0.25, -0.2) is 0 Å². The second-order valence-electron chi connectivity index (χ2n) is 4.44. The Labute approximate surface area is 101 Å². The first-order chi connectivity index (χ1) is 7.88. The van der Waals surface area contributed by atoms with Gasteiger partial charge in [0, 0.05) is 35.8 Å². The molecule has 2 aromatic rings. The van der Waals surface area contributed by atoms with Gasteiger partial charge < -0.3 is 4.57 Å². The molecule has 0 saturated heterocycles. The number of hydrogen-bond donors (Lipinski definition) is 0. The van der Waals surface area contributed by atoms with Crippen LogP contribution in [0.4, 0.5) is 0 Å². The highest BCUT2D eigenvalue weighted by molar-refractivity contribution is 8.01. The lowest BCUT2D eigenvalue weighted by Gasteiger charge is -2.01. The summed E-state index contributed by atoms with van der Waals surface area (Å²) < 4.78 is 13.4. The van der Waals surface area contributed by atoms with Gasteiger partial charge in [0.05, 0.1) is 5.69 Å². The zero-order valence-corrected chi connectivity index (χ0v) is 11.0. The van der Waals surface area contributed by atoms with Crippen molar-refractivity contribution in [3.8, 4) is 0 Å². The zero-order valence-electron chi connectivity index (χ0n) is 10.1. The van der Waals surface area contributed by atoms with Crippen molar-refractivity contribution in [3.63, 3.8) is 0 Å². The van der Waals surface area contributed by atoms with Crippen LogP contribution < -0.4 is 0 Å². The van der Waals surface area contributed by atoms with Crippen molar-refractivity contribution in [3.05, 3.63) is 36.0 Å². The van der Waals surface area contributed by atoms with E-state index in [4.69, 9.17) is 0 Å². The van der Waals surface area contributed by atoms with Crippen molar-refractivity contribution in [1.29, 1.82) is 0 Å². The number of hydrogen-bond acceptors (Lipinski definition) is 2. The fourth-order valence-electron chi connectivity index (χ4n) is 1.84. The molecule has 0 unspecified atom stereocenters. The minimum Gasteiger partial charge on any atom is -0.341 e. The topological polar surface area (TPSA) is 39.1 Å². The number of carbonyl (C=O) groups excluding carboxylic acids is 1. The number of rotatable bonds is 2. The van der Waals surface area contributed by atoms with Crippen LogP contribution in [0.25, 0.3) is 10.9 Å². The van der Waals surface area contributed by atoms with Crippen molar-refractivity contribution in [1.82, 2.24) is 4.57 Å². The van der Waals surface area contributed by atoms with Crippen molar-refractivity contribution in [2.75, 3.05) is 12.5 Å². The first kappa shape index (κ1) is 11.9. The zero-order chi connectivity index (χ0) is 12.6. The van der Waals surface area contributed by atoms with Crippen LogP contribution in [-0.4, -0.2) is 32.4 Å². The molecule has 0 aliphatic rings. The first-order valence-corrected chi connectivity index (χ1v) is 7.70. The van der Waals surface area contributed by atoms with Crippen LogP contribution in [0.15, 0.2) is 30.3 Å². The summed E-state index contributed by atoms with van der Waals surface area (Å²) in [4.78, 5) is 12.0. The molecular formula is C13H15NO2S. The average Bonchev–Trinajstić information content (AvgIpc) is 2.55. The summed E-state index contributed by atoms with van der Waals surface area (Å²) in [6.07, 6.45) is 3.13. The number of benzene rings is 1. The van der Waals surface area contributed by atoms with Crippen LogP contribution in [0, 0.1) is 0 Å². The number of ketones is 1. The summed E-state index contributed by atoms with van der Waals surface area (Å²) in [6, 6.07) is 9.62. The third kappa shape index (κ3) is 2.42. The maximum atomic E-state index is 12.0. The molecule has 0 radical (unpaired) electrons. The maximum Gasteiger partial charge on any atom is 0.210 e. The number of carbonyl (C=O) groups is 1.